The van der Waals surface area contributed by atoms with Gasteiger partial charge in [0.1, 0.15) is 11.9 Å². The lowest BCUT2D eigenvalue weighted by Crippen LogP contribution is -2.24. The zero-order valence-electron chi connectivity index (χ0n) is 10.5. The molecule has 2 heteroatoms. The summed E-state index contributed by atoms with van der Waals surface area (Å²) in [7, 11) is 0. The molecule has 1 heterocycles. The second-order valence-corrected chi connectivity index (χ2v) is 4.90. The second-order valence-electron chi connectivity index (χ2n) is 4.90. The number of nitrogens with two attached hydrogens (primary N) is 1. The molecule has 0 fully saturated rings. The fourth-order valence-corrected chi connectivity index (χ4v) is 2.53. The van der Waals surface area contributed by atoms with Gasteiger partial charge in [0.15, 0.2) is 0 Å². The average molecular weight is 239 g/mol. The third kappa shape index (κ3) is 2.00. The summed E-state index contributed by atoms with van der Waals surface area (Å²) in [6, 6.07) is 16.5. The Labute approximate surface area is 107 Å². The zero-order valence-corrected chi connectivity index (χ0v) is 10.5. The highest BCUT2D eigenvalue weighted by Gasteiger charge is 2.26. The Morgan fingerprint density at radius 1 is 1.11 bits per heavy atom. The lowest BCUT2D eigenvalue weighted by molar-refractivity contribution is 0.161. The summed E-state index contributed by atoms with van der Waals surface area (Å²) in [5.41, 5.74) is 9.81. The highest BCUT2D eigenvalue weighted by molar-refractivity contribution is 5.39. The van der Waals surface area contributed by atoms with Crippen molar-refractivity contribution in [1.82, 2.24) is 0 Å². The third-order valence-corrected chi connectivity index (χ3v) is 3.47. The molecule has 0 saturated heterocycles. The minimum absolute atomic E-state index is 0.0560. The van der Waals surface area contributed by atoms with Crippen LogP contribution in [0.4, 0.5) is 0 Å². The van der Waals surface area contributed by atoms with Crippen LogP contribution in [0.15, 0.2) is 48.5 Å². The van der Waals surface area contributed by atoms with E-state index in [0.717, 1.165) is 17.7 Å². The maximum absolute atomic E-state index is 6.23. The molecule has 18 heavy (non-hydrogen) atoms. The van der Waals surface area contributed by atoms with Gasteiger partial charge in [0.2, 0.25) is 0 Å². The smallest absolute Gasteiger partial charge is 0.126 e. The Hall–Kier alpha value is -1.80. The standard InChI is InChI=1S/C16H17NO/c1-11-5-4-6-12(9-11)16-10-14(17)13-7-2-3-8-15(13)18-16/h2-9,14,16H,10,17H2,1H3/t14-,16?/m1/s1. The molecule has 2 nitrogen and oxygen atoms in total. The molecule has 1 unspecified atom stereocenters. The van der Waals surface area contributed by atoms with Crippen LogP contribution in [0, 0.1) is 6.92 Å². The Bertz CT molecular complexity index is 565. The van der Waals surface area contributed by atoms with Gasteiger partial charge >= 0.3 is 0 Å². The molecule has 0 spiro atoms. The number of rotatable bonds is 1. The molecule has 3 rings (SSSR count). The van der Waals surface area contributed by atoms with Crippen LogP contribution in [-0.2, 0) is 0 Å². The van der Waals surface area contributed by atoms with Crippen LogP contribution in [0.25, 0.3) is 0 Å². The minimum atomic E-state index is 0.0560. The molecular weight excluding hydrogens is 222 g/mol. The molecule has 92 valence electrons. The molecule has 0 radical (unpaired) electrons. The molecule has 1 aliphatic heterocycles. The van der Waals surface area contributed by atoms with Crippen molar-refractivity contribution in [2.24, 2.45) is 5.73 Å². The van der Waals surface area contributed by atoms with E-state index in [1.807, 2.05) is 24.3 Å². The van der Waals surface area contributed by atoms with E-state index < -0.39 is 0 Å². The summed E-state index contributed by atoms with van der Waals surface area (Å²) in [6.45, 7) is 2.10. The van der Waals surface area contributed by atoms with Crippen molar-refractivity contribution >= 4 is 0 Å². The van der Waals surface area contributed by atoms with E-state index >= 15 is 0 Å². The van der Waals surface area contributed by atoms with Gasteiger partial charge < -0.3 is 10.5 Å². The maximum atomic E-state index is 6.23. The summed E-state index contributed by atoms with van der Waals surface area (Å²) in [4.78, 5) is 0. The van der Waals surface area contributed by atoms with Crippen molar-refractivity contribution in [2.75, 3.05) is 0 Å². The predicted octanol–water partition coefficient (Wildman–Crippen LogP) is 3.52. The Balaban J connectivity index is 1.94. The molecule has 2 aromatic rings. The quantitative estimate of drug-likeness (QED) is 0.826. The van der Waals surface area contributed by atoms with E-state index in [2.05, 4.69) is 31.2 Å². The number of ether oxygens (including phenoxy) is 1. The van der Waals surface area contributed by atoms with E-state index in [1.165, 1.54) is 11.1 Å². The van der Waals surface area contributed by atoms with E-state index in [4.69, 9.17) is 10.5 Å². The first kappa shape index (κ1) is 11.3. The van der Waals surface area contributed by atoms with E-state index in [9.17, 15) is 0 Å². The highest BCUT2D eigenvalue weighted by atomic mass is 16.5. The summed E-state index contributed by atoms with van der Waals surface area (Å²) >= 11 is 0. The minimum Gasteiger partial charge on any atom is -0.485 e. The number of hydrogen-bond donors (Lipinski definition) is 1. The van der Waals surface area contributed by atoms with Gasteiger partial charge in [0.05, 0.1) is 0 Å². The number of fused-ring (bicyclic) bond motifs is 1. The first-order chi connectivity index (χ1) is 8.74. The molecule has 0 saturated carbocycles. The molecular formula is C16H17NO. The fourth-order valence-electron chi connectivity index (χ4n) is 2.53. The lowest BCUT2D eigenvalue weighted by Gasteiger charge is -2.30. The van der Waals surface area contributed by atoms with Gasteiger partial charge in [0.25, 0.3) is 0 Å². The number of para-hydroxylation sites is 1. The summed E-state index contributed by atoms with van der Waals surface area (Å²) in [5, 5.41) is 0. The van der Waals surface area contributed by atoms with Crippen LogP contribution in [0.5, 0.6) is 5.75 Å². The van der Waals surface area contributed by atoms with Gasteiger partial charge in [-0.2, -0.15) is 0 Å². The summed E-state index contributed by atoms with van der Waals surface area (Å²) in [6.07, 6.45) is 0.898. The molecule has 0 bridgehead atoms. The number of benzene rings is 2. The first-order valence-electron chi connectivity index (χ1n) is 6.32. The Kier molecular flexibility index (Phi) is 2.80. The average Bonchev–Trinajstić information content (AvgIpc) is 2.39. The Morgan fingerprint density at radius 2 is 1.94 bits per heavy atom. The van der Waals surface area contributed by atoms with Gasteiger partial charge in [0, 0.05) is 18.0 Å². The van der Waals surface area contributed by atoms with Crippen LogP contribution < -0.4 is 10.5 Å². The molecule has 0 amide bonds. The van der Waals surface area contributed by atoms with Crippen molar-refractivity contribution in [3.05, 3.63) is 65.2 Å². The first-order valence-corrected chi connectivity index (χ1v) is 6.32. The van der Waals surface area contributed by atoms with Crippen LogP contribution >= 0.6 is 0 Å². The molecule has 2 atom stereocenters. The Morgan fingerprint density at radius 3 is 2.78 bits per heavy atom. The normalized spacial score (nSPS) is 22.1. The van der Waals surface area contributed by atoms with E-state index in [1.54, 1.807) is 0 Å². The number of aryl methyl sites for hydroxylation is 1. The molecule has 2 aromatic carbocycles. The van der Waals surface area contributed by atoms with Gasteiger partial charge in [-0.05, 0) is 18.6 Å². The maximum Gasteiger partial charge on any atom is 0.126 e. The predicted molar refractivity (Wildman–Crippen MR) is 72.5 cm³/mol. The van der Waals surface area contributed by atoms with Crippen molar-refractivity contribution in [1.29, 1.82) is 0 Å². The van der Waals surface area contributed by atoms with Gasteiger partial charge in [-0.3, -0.25) is 0 Å². The lowest BCUT2D eigenvalue weighted by atomic mass is 9.93. The van der Waals surface area contributed by atoms with Crippen molar-refractivity contribution in [2.45, 2.75) is 25.5 Å². The topological polar surface area (TPSA) is 35.2 Å². The van der Waals surface area contributed by atoms with Crippen LogP contribution in [-0.4, -0.2) is 0 Å². The fraction of sp³-hybridized carbons (Fsp3) is 0.250. The van der Waals surface area contributed by atoms with Crippen LogP contribution in [0.1, 0.15) is 35.3 Å². The van der Waals surface area contributed by atoms with Gasteiger partial charge in [-0.15, -0.1) is 0 Å². The van der Waals surface area contributed by atoms with E-state index in [0.29, 0.717) is 0 Å². The van der Waals surface area contributed by atoms with Crippen molar-refractivity contribution in [3.63, 3.8) is 0 Å². The van der Waals surface area contributed by atoms with E-state index in [-0.39, 0.29) is 12.1 Å². The SMILES string of the molecule is Cc1cccc(C2C[C@@H](N)c3ccccc3O2)c1. The highest BCUT2D eigenvalue weighted by Crippen LogP contribution is 2.39. The number of hydrogen-bond acceptors (Lipinski definition) is 2. The molecule has 2 N–H and O–H groups in total. The second kappa shape index (κ2) is 4.46. The summed E-state index contributed by atoms with van der Waals surface area (Å²) in [5.74, 6) is 0.919. The van der Waals surface area contributed by atoms with Crippen molar-refractivity contribution < 1.29 is 4.74 Å². The van der Waals surface area contributed by atoms with Gasteiger partial charge in [-0.25, -0.2) is 0 Å². The summed E-state index contributed by atoms with van der Waals surface area (Å²) < 4.78 is 6.06. The van der Waals surface area contributed by atoms with Gasteiger partial charge in [-0.1, -0.05) is 48.0 Å². The van der Waals surface area contributed by atoms with Crippen LogP contribution in [0.3, 0.4) is 0 Å². The molecule has 1 aliphatic rings. The molecule has 0 aliphatic carbocycles. The third-order valence-electron chi connectivity index (χ3n) is 3.47. The monoisotopic (exact) mass is 239 g/mol. The van der Waals surface area contributed by atoms with Crippen molar-refractivity contribution in [3.8, 4) is 5.75 Å². The molecule has 0 aromatic heterocycles. The van der Waals surface area contributed by atoms with Crippen LogP contribution in [0.2, 0.25) is 0 Å². The zero-order chi connectivity index (χ0) is 12.5. The largest absolute Gasteiger partial charge is 0.485 e.